The molecule has 0 saturated heterocycles. The molecule has 1 aliphatic rings. The number of non-ortho nitro benzene ring substituents is 1. The summed E-state index contributed by atoms with van der Waals surface area (Å²) in [4.78, 5) is 14.5. The summed E-state index contributed by atoms with van der Waals surface area (Å²) >= 11 is 0. The zero-order chi connectivity index (χ0) is 15.0. The molecular formula is C14H15FN4O2. The van der Waals surface area contributed by atoms with Gasteiger partial charge in [0, 0.05) is 18.8 Å². The molecule has 0 bridgehead atoms. The topological polar surface area (TPSA) is 94.1 Å². The summed E-state index contributed by atoms with van der Waals surface area (Å²) in [6, 6.07) is 4.03. The third-order valence-corrected chi connectivity index (χ3v) is 3.76. The first kappa shape index (κ1) is 13.7. The lowest BCUT2D eigenvalue weighted by molar-refractivity contribution is -0.383. The van der Waals surface area contributed by atoms with Crippen LogP contribution in [0.2, 0.25) is 0 Å². The van der Waals surface area contributed by atoms with Crippen molar-refractivity contribution in [2.24, 2.45) is 11.7 Å². The Morgan fingerprint density at radius 1 is 1.57 bits per heavy atom. The average Bonchev–Trinajstić information content (AvgIpc) is 3.29. The molecule has 1 fully saturated rings. The molecule has 0 radical (unpaired) electrons. The lowest BCUT2D eigenvalue weighted by Gasteiger charge is -2.14. The van der Waals surface area contributed by atoms with E-state index in [-0.39, 0.29) is 22.9 Å². The summed E-state index contributed by atoms with van der Waals surface area (Å²) in [5.41, 5.74) is 6.13. The second kappa shape index (κ2) is 5.25. The third kappa shape index (κ3) is 2.64. The van der Waals surface area contributed by atoms with Gasteiger partial charge in [0.05, 0.1) is 22.1 Å². The quantitative estimate of drug-likeness (QED) is 0.651. The summed E-state index contributed by atoms with van der Waals surface area (Å²) in [7, 11) is 0. The molecule has 6 nitrogen and oxygen atoms in total. The molecule has 1 aromatic heterocycles. The molecule has 110 valence electrons. The number of hydrogen-bond acceptors (Lipinski definition) is 5. The largest absolute Gasteiger partial charge is 0.379 e. The number of nitro benzene ring substituents is 1. The van der Waals surface area contributed by atoms with E-state index in [0.29, 0.717) is 17.8 Å². The first-order chi connectivity index (χ1) is 10.1. The van der Waals surface area contributed by atoms with Gasteiger partial charge in [-0.15, -0.1) is 0 Å². The number of fused-ring (bicyclic) bond motifs is 1. The summed E-state index contributed by atoms with van der Waals surface area (Å²) in [6.07, 6.45) is 3.69. The van der Waals surface area contributed by atoms with Crippen molar-refractivity contribution in [1.29, 1.82) is 0 Å². The minimum Gasteiger partial charge on any atom is -0.379 e. The summed E-state index contributed by atoms with van der Waals surface area (Å²) < 4.78 is 14.2. The highest BCUT2D eigenvalue weighted by molar-refractivity contribution is 5.97. The van der Waals surface area contributed by atoms with Crippen LogP contribution in [0.15, 0.2) is 24.4 Å². The maximum atomic E-state index is 14.2. The summed E-state index contributed by atoms with van der Waals surface area (Å²) in [5, 5.41) is 14.3. The Morgan fingerprint density at radius 2 is 2.33 bits per heavy atom. The molecule has 1 unspecified atom stereocenters. The lowest BCUT2D eigenvalue weighted by Crippen LogP contribution is -2.31. The molecule has 1 aliphatic carbocycles. The minimum absolute atomic E-state index is 0.0432. The van der Waals surface area contributed by atoms with Gasteiger partial charge in [0.25, 0.3) is 5.69 Å². The highest BCUT2D eigenvalue weighted by Gasteiger charge is 2.28. The average molecular weight is 290 g/mol. The van der Waals surface area contributed by atoms with E-state index in [0.717, 1.165) is 18.9 Å². The van der Waals surface area contributed by atoms with E-state index in [1.807, 2.05) is 0 Å². The Balaban J connectivity index is 1.99. The number of nitrogens with one attached hydrogen (secondary N) is 1. The van der Waals surface area contributed by atoms with Gasteiger partial charge in [0.15, 0.2) is 5.82 Å². The van der Waals surface area contributed by atoms with Crippen LogP contribution < -0.4 is 11.1 Å². The molecule has 3 N–H and O–H groups in total. The number of nitrogens with two attached hydrogens (primary N) is 1. The number of aromatic nitrogens is 1. The van der Waals surface area contributed by atoms with E-state index in [2.05, 4.69) is 10.3 Å². The summed E-state index contributed by atoms with van der Waals surface area (Å²) in [6.45, 7) is 0.422. The van der Waals surface area contributed by atoms with Gasteiger partial charge < -0.3 is 11.1 Å². The van der Waals surface area contributed by atoms with E-state index < -0.39 is 10.7 Å². The minimum atomic E-state index is -0.684. The van der Waals surface area contributed by atoms with Crippen molar-refractivity contribution in [3.8, 4) is 0 Å². The predicted molar refractivity (Wildman–Crippen MR) is 77.5 cm³/mol. The second-order valence-corrected chi connectivity index (χ2v) is 5.29. The predicted octanol–water partition coefficient (Wildman–Crippen LogP) is 2.43. The van der Waals surface area contributed by atoms with Crippen molar-refractivity contribution >= 4 is 22.3 Å². The van der Waals surface area contributed by atoms with Crippen molar-refractivity contribution in [2.75, 3.05) is 11.9 Å². The SMILES string of the molecule is NC(CNc1c(F)cc([N+](=O)[O-])c2cccnc12)C1CC1. The van der Waals surface area contributed by atoms with Gasteiger partial charge in [-0.1, -0.05) is 0 Å². The molecule has 7 heteroatoms. The molecule has 1 heterocycles. The van der Waals surface area contributed by atoms with Gasteiger partial charge in [0.1, 0.15) is 5.52 Å². The fraction of sp³-hybridized carbons (Fsp3) is 0.357. The van der Waals surface area contributed by atoms with Gasteiger partial charge in [-0.05, 0) is 30.9 Å². The molecule has 1 saturated carbocycles. The van der Waals surface area contributed by atoms with Crippen LogP contribution in [0.3, 0.4) is 0 Å². The Bertz CT molecular complexity index is 703. The standard InChI is InChI=1S/C14H15FN4O2/c15-10-6-12(19(20)21)9-2-1-5-17-13(9)14(10)18-7-11(16)8-3-4-8/h1-2,5-6,8,11,18H,3-4,7,16H2. The van der Waals surface area contributed by atoms with E-state index in [9.17, 15) is 14.5 Å². The number of benzene rings is 1. The molecular weight excluding hydrogens is 275 g/mol. The van der Waals surface area contributed by atoms with Gasteiger partial charge >= 0.3 is 0 Å². The van der Waals surface area contributed by atoms with Crippen LogP contribution in [0.1, 0.15) is 12.8 Å². The second-order valence-electron chi connectivity index (χ2n) is 5.29. The molecule has 0 aliphatic heterocycles. The zero-order valence-electron chi connectivity index (χ0n) is 11.3. The highest BCUT2D eigenvalue weighted by Crippen LogP contribution is 2.34. The van der Waals surface area contributed by atoms with Crippen molar-refractivity contribution in [3.63, 3.8) is 0 Å². The summed E-state index contributed by atoms with van der Waals surface area (Å²) in [5.74, 6) is -0.200. The first-order valence-corrected chi connectivity index (χ1v) is 6.79. The van der Waals surface area contributed by atoms with E-state index in [1.54, 1.807) is 12.1 Å². The van der Waals surface area contributed by atoms with Crippen LogP contribution in [0.25, 0.3) is 10.9 Å². The van der Waals surface area contributed by atoms with Crippen molar-refractivity contribution in [2.45, 2.75) is 18.9 Å². The van der Waals surface area contributed by atoms with E-state index in [4.69, 9.17) is 5.73 Å². The van der Waals surface area contributed by atoms with Gasteiger partial charge in [-0.2, -0.15) is 0 Å². The Morgan fingerprint density at radius 3 is 3.00 bits per heavy atom. The molecule has 2 aromatic rings. The number of nitrogens with zero attached hydrogens (tertiary/aromatic N) is 2. The molecule has 0 spiro atoms. The molecule has 0 amide bonds. The zero-order valence-corrected chi connectivity index (χ0v) is 11.3. The monoisotopic (exact) mass is 290 g/mol. The van der Waals surface area contributed by atoms with E-state index in [1.165, 1.54) is 6.20 Å². The Hall–Kier alpha value is -2.28. The number of rotatable bonds is 5. The molecule has 3 rings (SSSR count). The van der Waals surface area contributed by atoms with Crippen LogP contribution in [0.5, 0.6) is 0 Å². The molecule has 1 atom stereocenters. The number of pyridine rings is 1. The first-order valence-electron chi connectivity index (χ1n) is 6.79. The number of anilines is 1. The van der Waals surface area contributed by atoms with Crippen LogP contribution in [-0.2, 0) is 0 Å². The molecule has 1 aromatic carbocycles. The highest BCUT2D eigenvalue weighted by atomic mass is 19.1. The Labute approximate surface area is 120 Å². The number of halogens is 1. The van der Waals surface area contributed by atoms with Crippen LogP contribution >= 0.6 is 0 Å². The Kier molecular flexibility index (Phi) is 3.42. The van der Waals surface area contributed by atoms with Crippen molar-refractivity contribution < 1.29 is 9.31 Å². The number of nitro groups is 1. The van der Waals surface area contributed by atoms with Gasteiger partial charge in [-0.3, -0.25) is 15.1 Å². The van der Waals surface area contributed by atoms with Crippen LogP contribution in [0, 0.1) is 21.8 Å². The van der Waals surface area contributed by atoms with Crippen molar-refractivity contribution in [3.05, 3.63) is 40.3 Å². The maximum absolute atomic E-state index is 14.2. The van der Waals surface area contributed by atoms with E-state index >= 15 is 0 Å². The van der Waals surface area contributed by atoms with Crippen molar-refractivity contribution in [1.82, 2.24) is 4.98 Å². The maximum Gasteiger partial charge on any atom is 0.281 e. The normalized spacial score (nSPS) is 15.9. The fourth-order valence-corrected chi connectivity index (χ4v) is 2.42. The number of hydrogen-bond donors (Lipinski definition) is 2. The van der Waals surface area contributed by atoms with Crippen LogP contribution in [0.4, 0.5) is 15.8 Å². The fourth-order valence-electron chi connectivity index (χ4n) is 2.42. The molecule has 21 heavy (non-hydrogen) atoms. The smallest absolute Gasteiger partial charge is 0.281 e. The lowest BCUT2D eigenvalue weighted by atomic mass is 10.1. The van der Waals surface area contributed by atoms with Crippen LogP contribution in [-0.4, -0.2) is 22.5 Å². The third-order valence-electron chi connectivity index (χ3n) is 3.76. The van der Waals surface area contributed by atoms with Gasteiger partial charge in [0.2, 0.25) is 0 Å². The van der Waals surface area contributed by atoms with Gasteiger partial charge in [-0.25, -0.2) is 4.39 Å².